The molecule has 4 rings (SSSR count). The number of aromatic nitrogens is 1. The molecule has 100 valence electrons. The second-order valence-electron chi connectivity index (χ2n) is 5.91. The molecule has 2 aromatic rings. The molecule has 1 aromatic carbocycles. The Morgan fingerprint density at radius 1 is 1.11 bits per heavy atom. The van der Waals surface area contributed by atoms with E-state index in [9.17, 15) is 0 Å². The Balaban J connectivity index is 1.85. The van der Waals surface area contributed by atoms with Crippen LogP contribution < -0.4 is 5.32 Å². The van der Waals surface area contributed by atoms with Crippen LogP contribution in [0.25, 0.3) is 10.9 Å². The van der Waals surface area contributed by atoms with Crippen LogP contribution in [0.1, 0.15) is 43.2 Å². The van der Waals surface area contributed by atoms with Gasteiger partial charge in [0, 0.05) is 22.6 Å². The molecule has 1 saturated heterocycles. The van der Waals surface area contributed by atoms with Crippen molar-refractivity contribution in [3.63, 3.8) is 0 Å². The molecule has 2 heterocycles. The molecule has 0 unspecified atom stereocenters. The number of nitrogens with zero attached hydrogens (tertiary/aromatic N) is 1. The van der Waals surface area contributed by atoms with Gasteiger partial charge >= 0.3 is 0 Å². The largest absolute Gasteiger partial charge is 0.344 e. The van der Waals surface area contributed by atoms with Gasteiger partial charge < -0.3 is 9.88 Å². The molecule has 1 aromatic heterocycles. The van der Waals surface area contributed by atoms with E-state index < -0.39 is 0 Å². The number of hydrogen-bond acceptors (Lipinski definition) is 1. The SMILES string of the molecule is Clc1ccc2c(C3CCNCC3)cn(C3CC3)c2c1. The fourth-order valence-corrected chi connectivity index (χ4v) is 3.53. The van der Waals surface area contributed by atoms with E-state index >= 15 is 0 Å². The van der Waals surface area contributed by atoms with Gasteiger partial charge in [-0.15, -0.1) is 0 Å². The highest BCUT2D eigenvalue weighted by molar-refractivity contribution is 6.31. The van der Waals surface area contributed by atoms with Crippen LogP contribution in [-0.2, 0) is 0 Å². The number of benzene rings is 1. The van der Waals surface area contributed by atoms with E-state index in [1.54, 1.807) is 5.56 Å². The molecule has 1 saturated carbocycles. The number of fused-ring (bicyclic) bond motifs is 1. The Hall–Kier alpha value is -0.990. The summed E-state index contributed by atoms with van der Waals surface area (Å²) in [6.45, 7) is 2.29. The average Bonchev–Trinajstić information content (AvgIpc) is 3.21. The fraction of sp³-hybridized carbons (Fsp3) is 0.500. The third kappa shape index (κ3) is 2.07. The van der Waals surface area contributed by atoms with Crippen LogP contribution in [0.3, 0.4) is 0 Å². The molecule has 3 heteroatoms. The van der Waals surface area contributed by atoms with Gasteiger partial charge in [0.2, 0.25) is 0 Å². The van der Waals surface area contributed by atoms with Gasteiger partial charge in [0.15, 0.2) is 0 Å². The summed E-state index contributed by atoms with van der Waals surface area (Å²) in [5.41, 5.74) is 2.88. The summed E-state index contributed by atoms with van der Waals surface area (Å²) in [6.07, 6.45) is 7.57. The van der Waals surface area contributed by atoms with E-state index in [4.69, 9.17) is 11.6 Å². The number of rotatable bonds is 2. The second kappa shape index (κ2) is 4.53. The van der Waals surface area contributed by atoms with E-state index in [0.29, 0.717) is 5.92 Å². The molecule has 1 aliphatic heterocycles. The Bertz CT molecular complexity index is 606. The normalized spacial score (nSPS) is 21.1. The van der Waals surface area contributed by atoms with Crippen LogP contribution in [0.15, 0.2) is 24.4 Å². The lowest BCUT2D eigenvalue weighted by Gasteiger charge is -2.22. The number of piperidine rings is 1. The van der Waals surface area contributed by atoms with Crippen molar-refractivity contribution in [3.05, 3.63) is 35.0 Å². The van der Waals surface area contributed by atoms with Gasteiger partial charge in [-0.05, 0) is 62.4 Å². The molecule has 0 bridgehead atoms. The lowest BCUT2D eigenvalue weighted by atomic mass is 9.90. The molecule has 0 amide bonds. The summed E-state index contributed by atoms with van der Waals surface area (Å²) >= 11 is 6.19. The monoisotopic (exact) mass is 274 g/mol. The van der Waals surface area contributed by atoms with Gasteiger partial charge in [-0.1, -0.05) is 17.7 Å². The first-order valence-corrected chi connectivity index (χ1v) is 7.71. The topological polar surface area (TPSA) is 17.0 Å². The van der Waals surface area contributed by atoms with Crippen molar-refractivity contribution in [1.82, 2.24) is 9.88 Å². The molecule has 0 atom stereocenters. The predicted octanol–water partition coefficient (Wildman–Crippen LogP) is 4.10. The van der Waals surface area contributed by atoms with E-state index in [1.807, 2.05) is 6.07 Å². The van der Waals surface area contributed by atoms with Crippen molar-refractivity contribution in [2.45, 2.75) is 37.6 Å². The highest BCUT2D eigenvalue weighted by Gasteiger charge is 2.28. The van der Waals surface area contributed by atoms with E-state index in [0.717, 1.165) is 24.2 Å². The maximum atomic E-state index is 6.19. The minimum absolute atomic E-state index is 0.713. The summed E-state index contributed by atoms with van der Waals surface area (Å²) in [7, 11) is 0. The van der Waals surface area contributed by atoms with Crippen LogP contribution in [0.4, 0.5) is 0 Å². The summed E-state index contributed by atoms with van der Waals surface area (Å²) in [4.78, 5) is 0. The van der Waals surface area contributed by atoms with Gasteiger partial charge in [-0.3, -0.25) is 0 Å². The van der Waals surface area contributed by atoms with Crippen LogP contribution >= 0.6 is 11.6 Å². The lowest BCUT2D eigenvalue weighted by Crippen LogP contribution is -2.26. The van der Waals surface area contributed by atoms with Gasteiger partial charge in [0.05, 0.1) is 5.52 Å². The van der Waals surface area contributed by atoms with Crippen LogP contribution in [0, 0.1) is 0 Å². The van der Waals surface area contributed by atoms with Crippen molar-refractivity contribution in [3.8, 4) is 0 Å². The molecular weight excluding hydrogens is 256 g/mol. The molecule has 1 N–H and O–H groups in total. The van der Waals surface area contributed by atoms with Gasteiger partial charge in [-0.25, -0.2) is 0 Å². The first-order valence-electron chi connectivity index (χ1n) is 7.33. The van der Waals surface area contributed by atoms with Gasteiger partial charge in [0.1, 0.15) is 0 Å². The van der Waals surface area contributed by atoms with E-state index in [2.05, 4.69) is 28.2 Å². The second-order valence-corrected chi connectivity index (χ2v) is 6.35. The molecule has 0 radical (unpaired) electrons. The Labute approximate surface area is 118 Å². The fourth-order valence-electron chi connectivity index (χ4n) is 3.36. The van der Waals surface area contributed by atoms with Crippen LogP contribution in [0.2, 0.25) is 5.02 Å². The predicted molar refractivity (Wildman–Crippen MR) is 80.1 cm³/mol. The van der Waals surface area contributed by atoms with Crippen LogP contribution in [0.5, 0.6) is 0 Å². The van der Waals surface area contributed by atoms with Crippen LogP contribution in [-0.4, -0.2) is 17.7 Å². The minimum atomic E-state index is 0.713. The average molecular weight is 275 g/mol. The number of hydrogen-bond donors (Lipinski definition) is 1. The molecule has 0 spiro atoms. The molecule has 19 heavy (non-hydrogen) atoms. The van der Waals surface area contributed by atoms with E-state index in [-0.39, 0.29) is 0 Å². The number of halogens is 1. The summed E-state index contributed by atoms with van der Waals surface area (Å²) in [5.74, 6) is 0.713. The molecule has 1 aliphatic carbocycles. The standard InChI is InChI=1S/C16H19ClN2/c17-12-1-4-14-15(11-5-7-18-8-6-11)10-19(13-2-3-13)16(14)9-12/h1,4,9-11,13,18H,2-3,5-8H2. The third-order valence-corrected chi connectivity index (χ3v) is 4.78. The first kappa shape index (κ1) is 11.8. The van der Waals surface area contributed by atoms with Gasteiger partial charge in [-0.2, -0.15) is 0 Å². The maximum Gasteiger partial charge on any atom is 0.0500 e. The van der Waals surface area contributed by atoms with E-state index in [1.165, 1.54) is 36.6 Å². The van der Waals surface area contributed by atoms with Crippen molar-refractivity contribution in [2.24, 2.45) is 0 Å². The molecular formula is C16H19ClN2. The molecule has 2 fully saturated rings. The summed E-state index contributed by atoms with van der Waals surface area (Å²) in [6, 6.07) is 7.11. The van der Waals surface area contributed by atoms with Gasteiger partial charge in [0.25, 0.3) is 0 Å². The minimum Gasteiger partial charge on any atom is -0.344 e. The Kier molecular flexibility index (Phi) is 2.82. The van der Waals surface area contributed by atoms with Crippen molar-refractivity contribution in [2.75, 3.05) is 13.1 Å². The third-order valence-electron chi connectivity index (χ3n) is 4.55. The lowest BCUT2D eigenvalue weighted by molar-refractivity contribution is 0.461. The highest BCUT2D eigenvalue weighted by atomic mass is 35.5. The zero-order chi connectivity index (χ0) is 12.8. The zero-order valence-electron chi connectivity index (χ0n) is 11.0. The van der Waals surface area contributed by atoms with Crippen molar-refractivity contribution < 1.29 is 0 Å². The van der Waals surface area contributed by atoms with Crippen molar-refractivity contribution >= 4 is 22.5 Å². The zero-order valence-corrected chi connectivity index (χ0v) is 11.8. The summed E-state index contributed by atoms with van der Waals surface area (Å²) in [5, 5.41) is 5.73. The highest BCUT2D eigenvalue weighted by Crippen LogP contribution is 2.42. The Morgan fingerprint density at radius 2 is 1.89 bits per heavy atom. The first-order chi connectivity index (χ1) is 9.33. The van der Waals surface area contributed by atoms with Crippen molar-refractivity contribution in [1.29, 1.82) is 0 Å². The quantitative estimate of drug-likeness (QED) is 0.873. The maximum absolute atomic E-state index is 6.19. The molecule has 2 aliphatic rings. The smallest absolute Gasteiger partial charge is 0.0500 e. The summed E-state index contributed by atoms with van der Waals surface area (Å²) < 4.78 is 2.47. The Morgan fingerprint density at radius 3 is 2.63 bits per heavy atom. The molecule has 2 nitrogen and oxygen atoms in total. The number of nitrogens with one attached hydrogen (secondary N) is 1.